The Hall–Kier alpha value is -1.56. The second-order valence-corrected chi connectivity index (χ2v) is 7.08. The number of hydrogen-bond donors (Lipinski definition) is 1. The lowest BCUT2D eigenvalue weighted by atomic mass is 10.2. The van der Waals surface area contributed by atoms with Gasteiger partial charge in [-0.1, -0.05) is 26.0 Å². The van der Waals surface area contributed by atoms with Crippen LogP contribution in [0.4, 0.5) is 11.4 Å². The molecule has 0 radical (unpaired) electrons. The van der Waals surface area contributed by atoms with Crippen LogP contribution >= 0.6 is 0 Å². The van der Waals surface area contributed by atoms with Crippen molar-refractivity contribution in [3.8, 4) is 0 Å². The molecule has 6 heteroatoms. The van der Waals surface area contributed by atoms with Gasteiger partial charge in [0.15, 0.2) is 0 Å². The normalized spacial score (nSPS) is 15.3. The Morgan fingerprint density at radius 2 is 2.00 bits per heavy atom. The van der Waals surface area contributed by atoms with E-state index in [2.05, 4.69) is 5.32 Å². The van der Waals surface area contributed by atoms with Gasteiger partial charge in [-0.3, -0.25) is 9.10 Å². The summed E-state index contributed by atoms with van der Waals surface area (Å²) in [4.78, 5) is 11.6. The fraction of sp³-hybridized carbons (Fsp3) is 0.462. The summed E-state index contributed by atoms with van der Waals surface area (Å²) < 4.78 is 25.9. The van der Waals surface area contributed by atoms with Crippen molar-refractivity contribution in [1.82, 2.24) is 0 Å². The van der Waals surface area contributed by atoms with E-state index in [4.69, 9.17) is 0 Å². The number of anilines is 2. The van der Waals surface area contributed by atoms with Crippen molar-refractivity contribution >= 4 is 27.3 Å². The number of amides is 1. The Bertz CT molecular complexity index is 581. The van der Waals surface area contributed by atoms with Crippen molar-refractivity contribution in [1.29, 1.82) is 0 Å². The molecule has 0 atom stereocenters. The van der Waals surface area contributed by atoms with Crippen LogP contribution in [-0.2, 0) is 14.8 Å². The van der Waals surface area contributed by atoms with E-state index in [1.165, 1.54) is 4.31 Å². The van der Waals surface area contributed by atoms with Gasteiger partial charge in [0.25, 0.3) is 0 Å². The molecule has 0 unspecified atom stereocenters. The minimum Gasteiger partial charge on any atom is -0.323 e. The highest BCUT2D eigenvalue weighted by Gasteiger charge is 2.30. The van der Waals surface area contributed by atoms with Crippen molar-refractivity contribution in [3.05, 3.63) is 24.3 Å². The number of para-hydroxylation sites is 2. The van der Waals surface area contributed by atoms with E-state index in [9.17, 15) is 13.2 Å². The van der Waals surface area contributed by atoms with Crippen LogP contribution < -0.4 is 9.62 Å². The number of carbonyl (C=O) groups excluding carboxylic acids is 1. The van der Waals surface area contributed by atoms with E-state index in [1.54, 1.807) is 24.3 Å². The molecule has 1 aliphatic heterocycles. The summed E-state index contributed by atoms with van der Waals surface area (Å²) in [6.07, 6.45) is 0.586. The molecule has 0 aliphatic carbocycles. The molecule has 1 aromatic rings. The lowest BCUT2D eigenvalue weighted by Gasteiger charge is -2.30. The first-order valence-corrected chi connectivity index (χ1v) is 7.90. The molecule has 1 aliphatic rings. The second-order valence-electron chi connectivity index (χ2n) is 5.07. The van der Waals surface area contributed by atoms with Gasteiger partial charge in [-0.2, -0.15) is 0 Å². The number of fused-ring (bicyclic) bond motifs is 1. The molecule has 0 bridgehead atoms. The van der Waals surface area contributed by atoms with Crippen LogP contribution in [0.25, 0.3) is 0 Å². The van der Waals surface area contributed by atoms with Crippen molar-refractivity contribution < 1.29 is 13.2 Å². The monoisotopic (exact) mass is 282 g/mol. The molecule has 104 valence electrons. The second kappa shape index (κ2) is 5.21. The molecule has 0 saturated carbocycles. The quantitative estimate of drug-likeness (QED) is 0.916. The van der Waals surface area contributed by atoms with Gasteiger partial charge in [-0.25, -0.2) is 8.42 Å². The van der Waals surface area contributed by atoms with Gasteiger partial charge in [-0.05, 0) is 24.5 Å². The van der Waals surface area contributed by atoms with Crippen molar-refractivity contribution in [2.45, 2.75) is 20.3 Å². The van der Waals surface area contributed by atoms with Gasteiger partial charge in [-0.15, -0.1) is 0 Å². The number of sulfonamides is 1. The zero-order valence-electron chi connectivity index (χ0n) is 11.1. The smallest absolute Gasteiger partial charge is 0.245 e. The van der Waals surface area contributed by atoms with E-state index in [-0.39, 0.29) is 18.2 Å². The predicted octanol–water partition coefficient (Wildman–Crippen LogP) is 1.82. The maximum atomic E-state index is 12.3. The Morgan fingerprint density at radius 3 is 2.68 bits per heavy atom. The molecule has 0 saturated heterocycles. The summed E-state index contributed by atoms with van der Waals surface area (Å²) in [7, 11) is -3.45. The van der Waals surface area contributed by atoms with Gasteiger partial charge in [0, 0.05) is 0 Å². The van der Waals surface area contributed by atoms with E-state index in [1.807, 2.05) is 13.8 Å². The van der Waals surface area contributed by atoms with Crippen LogP contribution in [0.3, 0.4) is 0 Å². The highest BCUT2D eigenvalue weighted by atomic mass is 32.2. The Kier molecular flexibility index (Phi) is 3.80. The summed E-state index contributed by atoms with van der Waals surface area (Å²) in [6.45, 7) is 3.82. The van der Waals surface area contributed by atoms with Gasteiger partial charge in [0.2, 0.25) is 15.9 Å². The molecular formula is C13H18N2O3S. The molecule has 1 aromatic carbocycles. The van der Waals surface area contributed by atoms with E-state index in [0.29, 0.717) is 23.7 Å². The molecule has 1 heterocycles. The average molecular weight is 282 g/mol. The topological polar surface area (TPSA) is 66.5 Å². The van der Waals surface area contributed by atoms with Gasteiger partial charge in [0.1, 0.15) is 6.54 Å². The van der Waals surface area contributed by atoms with E-state index < -0.39 is 10.0 Å². The Morgan fingerprint density at radius 1 is 1.32 bits per heavy atom. The highest BCUT2D eigenvalue weighted by Crippen LogP contribution is 2.31. The summed E-state index contributed by atoms with van der Waals surface area (Å²) >= 11 is 0. The SMILES string of the molecule is CC(C)CCS(=O)(=O)N1CC(=O)Nc2ccccc21. The zero-order valence-corrected chi connectivity index (χ0v) is 11.9. The standard InChI is InChI=1S/C13H18N2O3S/c1-10(2)7-8-19(17,18)15-9-13(16)14-11-5-3-4-6-12(11)15/h3-6,10H,7-9H2,1-2H3,(H,14,16). The number of hydrogen-bond acceptors (Lipinski definition) is 3. The third-order valence-electron chi connectivity index (χ3n) is 3.02. The lowest BCUT2D eigenvalue weighted by molar-refractivity contribution is -0.115. The molecule has 0 aromatic heterocycles. The summed E-state index contributed by atoms with van der Waals surface area (Å²) in [5.74, 6) is 0.0715. The van der Waals surface area contributed by atoms with Gasteiger partial charge < -0.3 is 5.32 Å². The first kappa shape index (κ1) is 13.9. The first-order chi connectivity index (χ1) is 8.90. The van der Waals surface area contributed by atoms with Crippen LogP contribution in [0.5, 0.6) is 0 Å². The third kappa shape index (κ3) is 3.07. The number of nitrogens with one attached hydrogen (secondary N) is 1. The van der Waals surface area contributed by atoms with Crippen LogP contribution in [0.1, 0.15) is 20.3 Å². The molecule has 5 nitrogen and oxygen atoms in total. The van der Waals surface area contributed by atoms with Crippen LogP contribution in [0.15, 0.2) is 24.3 Å². The largest absolute Gasteiger partial charge is 0.323 e. The average Bonchev–Trinajstić information content (AvgIpc) is 2.35. The summed E-state index contributed by atoms with van der Waals surface area (Å²) in [5.41, 5.74) is 1.10. The number of rotatable bonds is 4. The van der Waals surface area contributed by atoms with Crippen LogP contribution in [-0.4, -0.2) is 26.6 Å². The number of carbonyl (C=O) groups is 1. The van der Waals surface area contributed by atoms with Crippen molar-refractivity contribution in [2.24, 2.45) is 5.92 Å². The first-order valence-electron chi connectivity index (χ1n) is 6.29. The minimum absolute atomic E-state index is 0.0618. The van der Waals surface area contributed by atoms with E-state index in [0.717, 1.165) is 0 Å². The van der Waals surface area contributed by atoms with Crippen molar-refractivity contribution in [3.63, 3.8) is 0 Å². The Labute approximate surface area is 113 Å². The van der Waals surface area contributed by atoms with E-state index >= 15 is 0 Å². The summed E-state index contributed by atoms with van der Waals surface area (Å²) in [6, 6.07) is 6.95. The predicted molar refractivity (Wildman–Crippen MR) is 75.7 cm³/mol. The maximum Gasteiger partial charge on any atom is 0.245 e. The fourth-order valence-electron chi connectivity index (χ4n) is 1.95. The molecule has 0 spiro atoms. The maximum absolute atomic E-state index is 12.3. The van der Waals surface area contributed by atoms with Gasteiger partial charge >= 0.3 is 0 Å². The number of nitrogens with zero attached hydrogens (tertiary/aromatic N) is 1. The van der Waals surface area contributed by atoms with Crippen molar-refractivity contribution in [2.75, 3.05) is 21.9 Å². The minimum atomic E-state index is -3.45. The highest BCUT2D eigenvalue weighted by molar-refractivity contribution is 7.92. The number of benzene rings is 1. The molecule has 0 fully saturated rings. The Balaban J connectivity index is 2.32. The van der Waals surface area contributed by atoms with Crippen LogP contribution in [0.2, 0.25) is 0 Å². The fourth-order valence-corrected chi connectivity index (χ4v) is 3.71. The molecule has 1 amide bonds. The van der Waals surface area contributed by atoms with Gasteiger partial charge in [0.05, 0.1) is 17.1 Å². The molecule has 2 rings (SSSR count). The lowest BCUT2D eigenvalue weighted by Crippen LogP contribution is -2.43. The third-order valence-corrected chi connectivity index (χ3v) is 4.77. The van der Waals surface area contributed by atoms with Crippen LogP contribution in [0, 0.1) is 5.92 Å². The molecule has 19 heavy (non-hydrogen) atoms. The molecule has 1 N–H and O–H groups in total. The summed E-state index contributed by atoms with van der Waals surface area (Å²) in [5, 5.41) is 2.68. The zero-order chi connectivity index (χ0) is 14.0. The molecular weight excluding hydrogens is 264 g/mol.